The van der Waals surface area contributed by atoms with Gasteiger partial charge in [0.05, 0.1) is 0 Å². The Kier molecular flexibility index (Phi) is 6.71. The van der Waals surface area contributed by atoms with E-state index in [1.54, 1.807) is 0 Å². The molecule has 0 radical (unpaired) electrons. The van der Waals surface area contributed by atoms with E-state index in [1.165, 1.54) is 0 Å². The average molecular weight is 193 g/mol. The van der Waals surface area contributed by atoms with Gasteiger partial charge in [-0.3, -0.25) is 0 Å². The number of aliphatic carboxylic acids is 1. The van der Waals surface area contributed by atoms with Crippen LogP contribution in [0.25, 0.3) is 0 Å². The number of nitrogens with zero attached hydrogens (tertiary/aromatic N) is 1. The molecule has 3 nitrogen and oxygen atoms in total. The van der Waals surface area contributed by atoms with Crippen molar-refractivity contribution in [3.05, 3.63) is 11.6 Å². The molecular weight excluding hydrogens is 181 g/mol. The van der Waals surface area contributed by atoms with Crippen LogP contribution in [0.4, 0.5) is 0 Å². The molecule has 12 heavy (non-hydrogen) atoms. The Morgan fingerprint density at radius 3 is 2.83 bits per heavy atom. The topological polar surface area (TPSA) is 43.4 Å². The number of hydrogen-bond donors (Lipinski definition) is 0. The molecule has 0 aromatic rings. The standard InChI is InChI=1S/C8H13NO2.K/c1-9-4-2-7(3-5-9)6-8(10)11;/h2H,3-6H2,1H3,(H,10,11);/q;+1/p-1. The minimum Gasteiger partial charge on any atom is -0.550 e. The van der Waals surface area contributed by atoms with Crippen LogP contribution in [0.15, 0.2) is 11.6 Å². The molecule has 1 aliphatic heterocycles. The number of hydrogen-bond acceptors (Lipinski definition) is 3. The number of carboxylic acid groups (broad SMARTS) is 1. The zero-order chi connectivity index (χ0) is 8.27. The molecule has 0 unspecified atom stereocenters. The second-order valence-electron chi connectivity index (χ2n) is 2.92. The van der Waals surface area contributed by atoms with E-state index in [-0.39, 0.29) is 57.8 Å². The molecule has 0 aromatic carbocycles. The molecule has 0 atom stereocenters. The first-order valence-corrected chi connectivity index (χ1v) is 3.75. The van der Waals surface area contributed by atoms with Crippen LogP contribution >= 0.6 is 0 Å². The van der Waals surface area contributed by atoms with E-state index in [4.69, 9.17) is 0 Å². The summed E-state index contributed by atoms with van der Waals surface area (Å²) in [5.41, 5.74) is 1.00. The van der Waals surface area contributed by atoms with Crippen molar-refractivity contribution in [2.45, 2.75) is 12.8 Å². The van der Waals surface area contributed by atoms with Gasteiger partial charge in [-0.25, -0.2) is 0 Å². The Morgan fingerprint density at radius 1 is 1.75 bits per heavy atom. The van der Waals surface area contributed by atoms with Gasteiger partial charge in [0.25, 0.3) is 0 Å². The Hall–Kier alpha value is 0.806. The maximum Gasteiger partial charge on any atom is 1.00 e. The molecule has 0 aromatic heterocycles. The molecule has 0 bridgehead atoms. The average Bonchev–Trinajstić information content (AvgIpc) is 1.93. The largest absolute Gasteiger partial charge is 1.00 e. The monoisotopic (exact) mass is 193 g/mol. The predicted molar refractivity (Wildman–Crippen MR) is 39.8 cm³/mol. The Balaban J connectivity index is 0.00000121. The van der Waals surface area contributed by atoms with Crippen LogP contribution in [-0.2, 0) is 4.79 Å². The molecule has 0 amide bonds. The van der Waals surface area contributed by atoms with Crippen molar-refractivity contribution in [3.63, 3.8) is 0 Å². The summed E-state index contributed by atoms with van der Waals surface area (Å²) < 4.78 is 0. The fourth-order valence-electron chi connectivity index (χ4n) is 1.16. The van der Waals surface area contributed by atoms with Gasteiger partial charge >= 0.3 is 51.4 Å². The first kappa shape index (κ1) is 12.8. The smallest absolute Gasteiger partial charge is 0.550 e. The quantitative estimate of drug-likeness (QED) is 0.336. The van der Waals surface area contributed by atoms with Gasteiger partial charge in [-0.15, -0.1) is 0 Å². The second-order valence-corrected chi connectivity index (χ2v) is 2.92. The molecule has 0 N–H and O–H groups in total. The number of rotatable bonds is 2. The Morgan fingerprint density at radius 2 is 2.42 bits per heavy atom. The Bertz CT molecular complexity index is 191. The van der Waals surface area contributed by atoms with Crippen LogP contribution in [0.2, 0.25) is 0 Å². The molecule has 1 heterocycles. The van der Waals surface area contributed by atoms with Crippen LogP contribution in [0.3, 0.4) is 0 Å². The van der Waals surface area contributed by atoms with E-state index in [0.717, 1.165) is 25.1 Å². The van der Waals surface area contributed by atoms with Gasteiger partial charge in [0.2, 0.25) is 0 Å². The van der Waals surface area contributed by atoms with Gasteiger partial charge in [-0.2, -0.15) is 0 Å². The minimum atomic E-state index is -0.971. The van der Waals surface area contributed by atoms with Gasteiger partial charge in [-0.05, 0) is 13.5 Å². The van der Waals surface area contributed by atoms with Gasteiger partial charge < -0.3 is 14.8 Å². The van der Waals surface area contributed by atoms with Crippen molar-refractivity contribution in [1.82, 2.24) is 4.90 Å². The molecule has 1 rings (SSSR count). The summed E-state index contributed by atoms with van der Waals surface area (Å²) in [6.07, 6.45) is 2.94. The maximum absolute atomic E-state index is 10.2. The van der Waals surface area contributed by atoms with Crippen LogP contribution in [0, 0.1) is 0 Å². The number of likely N-dealkylation sites (N-methyl/N-ethyl adjacent to an activating group) is 1. The molecule has 62 valence electrons. The first-order chi connectivity index (χ1) is 5.18. The van der Waals surface area contributed by atoms with Crippen molar-refractivity contribution < 1.29 is 61.3 Å². The van der Waals surface area contributed by atoms with Crippen LogP contribution < -0.4 is 56.5 Å². The second kappa shape index (κ2) is 6.29. The van der Waals surface area contributed by atoms with Crippen LogP contribution in [0.1, 0.15) is 12.8 Å². The fourth-order valence-corrected chi connectivity index (χ4v) is 1.16. The number of carbonyl (C=O) groups is 1. The van der Waals surface area contributed by atoms with Crippen molar-refractivity contribution in [2.75, 3.05) is 20.1 Å². The Labute approximate surface area is 115 Å². The van der Waals surface area contributed by atoms with Gasteiger partial charge in [0, 0.05) is 25.5 Å². The van der Waals surface area contributed by atoms with E-state index in [1.807, 2.05) is 13.1 Å². The third kappa shape index (κ3) is 4.74. The molecule has 0 fully saturated rings. The van der Waals surface area contributed by atoms with E-state index < -0.39 is 5.97 Å². The van der Waals surface area contributed by atoms with Crippen molar-refractivity contribution in [3.8, 4) is 0 Å². The zero-order valence-electron chi connectivity index (χ0n) is 7.67. The van der Waals surface area contributed by atoms with E-state index in [2.05, 4.69) is 4.90 Å². The normalized spacial score (nSPS) is 17.9. The summed E-state index contributed by atoms with van der Waals surface area (Å²) in [5, 5.41) is 10.2. The third-order valence-electron chi connectivity index (χ3n) is 1.88. The summed E-state index contributed by atoms with van der Waals surface area (Å²) in [6.45, 7) is 1.82. The third-order valence-corrected chi connectivity index (χ3v) is 1.88. The van der Waals surface area contributed by atoms with Gasteiger partial charge in [0.1, 0.15) is 0 Å². The molecule has 4 heteroatoms. The number of carbonyl (C=O) groups excluding carboxylic acids is 1. The summed E-state index contributed by atoms with van der Waals surface area (Å²) in [6, 6.07) is 0. The molecule has 0 saturated carbocycles. The molecule has 1 aliphatic rings. The fraction of sp³-hybridized carbons (Fsp3) is 0.625. The summed E-state index contributed by atoms with van der Waals surface area (Å²) >= 11 is 0. The van der Waals surface area contributed by atoms with Crippen molar-refractivity contribution >= 4 is 5.97 Å². The van der Waals surface area contributed by atoms with Gasteiger partial charge in [0.15, 0.2) is 0 Å². The molecule has 0 saturated heterocycles. The van der Waals surface area contributed by atoms with E-state index >= 15 is 0 Å². The summed E-state index contributed by atoms with van der Waals surface area (Å²) in [4.78, 5) is 12.3. The molecule has 0 spiro atoms. The summed E-state index contributed by atoms with van der Waals surface area (Å²) in [5.74, 6) is -0.971. The van der Waals surface area contributed by atoms with Crippen molar-refractivity contribution in [1.29, 1.82) is 0 Å². The van der Waals surface area contributed by atoms with Crippen LogP contribution in [-0.4, -0.2) is 31.0 Å². The molecule has 0 aliphatic carbocycles. The summed E-state index contributed by atoms with van der Waals surface area (Å²) in [7, 11) is 2.02. The van der Waals surface area contributed by atoms with Crippen molar-refractivity contribution in [2.24, 2.45) is 0 Å². The number of carboxylic acids is 1. The maximum atomic E-state index is 10.2. The van der Waals surface area contributed by atoms with E-state index in [0.29, 0.717) is 0 Å². The molecular formula is C8H12KNO2. The van der Waals surface area contributed by atoms with E-state index in [9.17, 15) is 9.90 Å². The predicted octanol–water partition coefficient (Wildman–Crippen LogP) is -3.61. The zero-order valence-corrected chi connectivity index (χ0v) is 10.8. The first-order valence-electron chi connectivity index (χ1n) is 3.75. The van der Waals surface area contributed by atoms with Gasteiger partial charge in [-0.1, -0.05) is 11.6 Å². The minimum absolute atomic E-state index is 0. The van der Waals surface area contributed by atoms with Crippen LogP contribution in [0.5, 0.6) is 0 Å². The SMILES string of the molecule is CN1CC=C(CC(=O)[O-])CC1.[K+].